The summed E-state index contributed by atoms with van der Waals surface area (Å²) in [7, 11) is -4.36. The van der Waals surface area contributed by atoms with Crippen molar-refractivity contribution in [3.63, 3.8) is 0 Å². The zero-order valence-corrected chi connectivity index (χ0v) is 39.4. The normalized spacial score (nSPS) is 14.3. The molecule has 0 saturated heterocycles. The number of phosphoric acid groups is 1. The zero-order valence-electron chi connectivity index (χ0n) is 38.5. The van der Waals surface area contributed by atoms with Crippen molar-refractivity contribution in [3.8, 4) is 0 Å². The summed E-state index contributed by atoms with van der Waals surface area (Å²) in [5.74, 6) is -0.210. The molecule has 5 N–H and O–H groups in total. The lowest BCUT2D eigenvalue weighted by molar-refractivity contribution is -0.123. The van der Waals surface area contributed by atoms with Crippen molar-refractivity contribution in [3.05, 3.63) is 48.6 Å². The predicted octanol–water partition coefficient (Wildman–Crippen LogP) is 14.5. The first kappa shape index (κ1) is 57.5. The van der Waals surface area contributed by atoms with E-state index in [1.54, 1.807) is 6.08 Å². The molecule has 3 unspecified atom stereocenters. The molecule has 0 bridgehead atoms. The third-order valence-corrected chi connectivity index (χ3v) is 11.8. The highest BCUT2D eigenvalue weighted by atomic mass is 31.2. The van der Waals surface area contributed by atoms with Crippen molar-refractivity contribution in [2.45, 2.75) is 244 Å². The molecule has 0 aromatic heterocycles. The molecule has 0 aliphatic rings. The van der Waals surface area contributed by atoms with Crippen molar-refractivity contribution >= 4 is 13.7 Å². The number of allylic oxidation sites excluding steroid dienone is 7. The Morgan fingerprint density at radius 3 is 1.31 bits per heavy atom. The topological polar surface area (TPSA) is 131 Å². The number of hydrogen-bond donors (Lipinski definition) is 4. The smallest absolute Gasteiger partial charge is 0.387 e. The van der Waals surface area contributed by atoms with Crippen LogP contribution >= 0.6 is 7.82 Å². The molecule has 0 aromatic carbocycles. The van der Waals surface area contributed by atoms with Gasteiger partial charge in [0.15, 0.2) is 0 Å². The lowest BCUT2D eigenvalue weighted by atomic mass is 10.0. The van der Waals surface area contributed by atoms with Crippen molar-refractivity contribution in [2.75, 3.05) is 19.8 Å². The molecule has 59 heavy (non-hydrogen) atoms. The molecule has 0 radical (unpaired) electrons. The number of carbonyl (C=O) groups excluding carboxylic acids is 1. The van der Waals surface area contributed by atoms with Gasteiger partial charge in [-0.1, -0.05) is 204 Å². The highest BCUT2D eigenvalue weighted by Gasteiger charge is 2.26. The van der Waals surface area contributed by atoms with Gasteiger partial charge in [0.05, 0.1) is 25.4 Å². The molecule has 0 aliphatic carbocycles. The molecule has 0 saturated carbocycles. The molecular formula is C50H95N2O6P. The molecule has 346 valence electrons. The highest BCUT2D eigenvalue weighted by molar-refractivity contribution is 7.47. The van der Waals surface area contributed by atoms with E-state index in [4.69, 9.17) is 14.8 Å². The first-order chi connectivity index (χ1) is 28.9. The van der Waals surface area contributed by atoms with E-state index in [-0.39, 0.29) is 25.7 Å². The van der Waals surface area contributed by atoms with Gasteiger partial charge < -0.3 is 21.1 Å². The van der Waals surface area contributed by atoms with Crippen molar-refractivity contribution in [2.24, 2.45) is 5.73 Å². The predicted molar refractivity (Wildman–Crippen MR) is 254 cm³/mol. The van der Waals surface area contributed by atoms with E-state index in [1.165, 1.54) is 167 Å². The molecule has 8 nitrogen and oxygen atoms in total. The van der Waals surface area contributed by atoms with Crippen LogP contribution in [0, 0.1) is 0 Å². The summed E-state index contributed by atoms with van der Waals surface area (Å²) in [6, 6.07) is -0.885. The summed E-state index contributed by atoms with van der Waals surface area (Å²) in [5, 5.41) is 13.7. The number of aliphatic hydroxyl groups is 1. The Morgan fingerprint density at radius 1 is 0.542 bits per heavy atom. The van der Waals surface area contributed by atoms with Gasteiger partial charge in [0, 0.05) is 13.0 Å². The fourth-order valence-electron chi connectivity index (χ4n) is 7.10. The second-order valence-electron chi connectivity index (χ2n) is 16.6. The number of nitrogens with two attached hydrogens (primary N) is 1. The van der Waals surface area contributed by atoms with E-state index in [2.05, 4.69) is 55.6 Å². The number of carbonyl (C=O) groups is 1. The van der Waals surface area contributed by atoms with Crippen LogP contribution in [-0.4, -0.2) is 47.8 Å². The molecule has 9 heteroatoms. The summed E-state index contributed by atoms with van der Waals surface area (Å²) in [6.07, 6.45) is 57.4. The lowest BCUT2D eigenvalue weighted by Crippen LogP contribution is -2.45. The van der Waals surface area contributed by atoms with Gasteiger partial charge in [0.2, 0.25) is 5.91 Å². The standard InChI is InChI=1S/C50H95N2O6P/c1-3-5-7-9-11-13-15-17-19-21-23-24-26-27-29-31-33-35-37-39-41-43-49(53)48(47-58-59(55,56)57-46-45-51)52-50(54)44-42-40-38-36-34-32-30-28-25-22-20-18-16-14-12-10-8-6-4-2/h18,20,26-27,33,35,41,43,48-49,53H,3-17,19,21-25,28-32,34,36-40,42,44-47,51H2,1-2H3,(H,52,54)(H,55,56)/b20-18-,27-26+,35-33+,43-41+. The van der Waals surface area contributed by atoms with Gasteiger partial charge in [-0.2, -0.15) is 0 Å². The minimum atomic E-state index is -4.36. The van der Waals surface area contributed by atoms with E-state index in [0.29, 0.717) is 6.42 Å². The van der Waals surface area contributed by atoms with Crippen molar-refractivity contribution in [1.82, 2.24) is 5.32 Å². The SMILES string of the molecule is CCCCCCCC/C=C\CCCCCCCCCCCC(=O)NC(COP(=O)(O)OCCN)C(O)/C=C/CC/C=C/CC/C=C/CCCCCCCCCCCCC. The number of aliphatic hydroxyl groups excluding tert-OH is 1. The van der Waals surface area contributed by atoms with Crippen LogP contribution in [0.15, 0.2) is 48.6 Å². The maximum atomic E-state index is 12.8. The minimum Gasteiger partial charge on any atom is -0.387 e. The Bertz CT molecular complexity index is 1060. The average Bonchev–Trinajstić information content (AvgIpc) is 3.22. The van der Waals surface area contributed by atoms with Gasteiger partial charge in [-0.05, 0) is 70.6 Å². The van der Waals surface area contributed by atoms with E-state index in [1.807, 2.05) is 6.08 Å². The molecule has 3 atom stereocenters. The van der Waals surface area contributed by atoms with E-state index in [9.17, 15) is 19.4 Å². The van der Waals surface area contributed by atoms with Crippen LogP contribution in [0.2, 0.25) is 0 Å². The summed E-state index contributed by atoms with van der Waals surface area (Å²) < 4.78 is 22.2. The Kier molecular flexibility index (Phi) is 44.8. The number of nitrogens with one attached hydrogen (secondary N) is 1. The molecular weight excluding hydrogens is 756 g/mol. The summed E-state index contributed by atoms with van der Waals surface area (Å²) in [6.45, 7) is 4.12. The first-order valence-corrected chi connectivity index (χ1v) is 26.3. The van der Waals surface area contributed by atoms with Gasteiger partial charge in [0.25, 0.3) is 0 Å². The average molecular weight is 851 g/mol. The van der Waals surface area contributed by atoms with Crippen LogP contribution in [0.25, 0.3) is 0 Å². The van der Waals surface area contributed by atoms with Crippen LogP contribution < -0.4 is 11.1 Å². The molecule has 0 spiro atoms. The fourth-order valence-corrected chi connectivity index (χ4v) is 7.86. The number of amides is 1. The molecule has 0 fully saturated rings. The van der Waals surface area contributed by atoms with Gasteiger partial charge in [-0.25, -0.2) is 4.57 Å². The van der Waals surface area contributed by atoms with E-state index >= 15 is 0 Å². The van der Waals surface area contributed by atoms with Crippen LogP contribution in [0.4, 0.5) is 0 Å². The maximum Gasteiger partial charge on any atom is 0.472 e. The quantitative estimate of drug-likeness (QED) is 0.0272. The Balaban J connectivity index is 4.21. The van der Waals surface area contributed by atoms with Crippen LogP contribution in [-0.2, 0) is 18.4 Å². The third kappa shape index (κ3) is 44.3. The first-order valence-electron chi connectivity index (χ1n) is 24.8. The second-order valence-corrected chi connectivity index (χ2v) is 18.1. The van der Waals surface area contributed by atoms with Crippen LogP contribution in [0.1, 0.15) is 232 Å². The molecule has 1 amide bonds. The molecule has 0 heterocycles. The maximum absolute atomic E-state index is 12.8. The highest BCUT2D eigenvalue weighted by Crippen LogP contribution is 2.43. The monoisotopic (exact) mass is 851 g/mol. The van der Waals surface area contributed by atoms with Gasteiger partial charge in [-0.3, -0.25) is 13.8 Å². The van der Waals surface area contributed by atoms with Crippen LogP contribution in [0.5, 0.6) is 0 Å². The molecule has 0 aliphatic heterocycles. The summed E-state index contributed by atoms with van der Waals surface area (Å²) in [5.41, 5.74) is 5.38. The second kappa shape index (κ2) is 46.0. The molecule has 0 aromatic rings. The number of unbranched alkanes of at least 4 members (excludes halogenated alkanes) is 28. The molecule has 0 rings (SSSR count). The zero-order chi connectivity index (χ0) is 43.2. The number of phosphoric ester groups is 1. The fraction of sp³-hybridized carbons (Fsp3) is 0.820. The lowest BCUT2D eigenvalue weighted by Gasteiger charge is -2.23. The van der Waals surface area contributed by atoms with Gasteiger partial charge in [-0.15, -0.1) is 0 Å². The largest absolute Gasteiger partial charge is 0.472 e. The third-order valence-electron chi connectivity index (χ3n) is 10.9. The number of rotatable bonds is 46. The van der Waals surface area contributed by atoms with E-state index < -0.39 is 20.0 Å². The van der Waals surface area contributed by atoms with Gasteiger partial charge >= 0.3 is 7.82 Å². The van der Waals surface area contributed by atoms with Gasteiger partial charge in [0.1, 0.15) is 0 Å². The van der Waals surface area contributed by atoms with E-state index in [0.717, 1.165) is 44.9 Å². The van der Waals surface area contributed by atoms with Crippen molar-refractivity contribution < 1.29 is 28.4 Å². The Morgan fingerprint density at radius 2 is 0.898 bits per heavy atom. The van der Waals surface area contributed by atoms with Crippen molar-refractivity contribution in [1.29, 1.82) is 0 Å². The minimum absolute atomic E-state index is 0.0707. The van der Waals surface area contributed by atoms with Crippen LogP contribution in [0.3, 0.4) is 0 Å². The Labute approximate surface area is 364 Å². The summed E-state index contributed by atoms with van der Waals surface area (Å²) >= 11 is 0. The Hall–Kier alpha value is -1.54. The summed E-state index contributed by atoms with van der Waals surface area (Å²) in [4.78, 5) is 22.8. The number of hydrogen-bond acceptors (Lipinski definition) is 6.